The van der Waals surface area contributed by atoms with Crippen LogP contribution < -0.4 is 20.1 Å². The number of hydrogen-bond acceptors (Lipinski definition) is 4. The Labute approximate surface area is 161 Å². The second-order valence-electron chi connectivity index (χ2n) is 7.49. The third-order valence-electron chi connectivity index (χ3n) is 4.62. The molecule has 1 fully saturated rings. The Balaban J connectivity index is 2.37. The summed E-state index contributed by atoms with van der Waals surface area (Å²) in [6, 6.07) is 5.46. The van der Waals surface area contributed by atoms with Gasteiger partial charge in [0.2, 0.25) is 5.91 Å². The average Bonchev–Trinajstić information content (AvgIpc) is 3.05. The van der Waals surface area contributed by atoms with E-state index in [2.05, 4.69) is 10.6 Å². The van der Waals surface area contributed by atoms with Gasteiger partial charge in [0.25, 0.3) is 0 Å². The second kappa shape index (κ2) is 8.97. The Hall–Kier alpha value is -2.44. The predicted octanol–water partition coefficient (Wildman–Crippen LogP) is 2.36. The minimum Gasteiger partial charge on any atom is -0.497 e. The molecule has 1 heterocycles. The minimum atomic E-state index is -0.355. The number of ether oxygens (including phenoxy) is 2. The first-order valence-electron chi connectivity index (χ1n) is 9.34. The lowest BCUT2D eigenvalue weighted by Crippen LogP contribution is -2.43. The van der Waals surface area contributed by atoms with Crippen molar-refractivity contribution in [2.45, 2.75) is 45.7 Å². The van der Waals surface area contributed by atoms with Crippen LogP contribution in [0.15, 0.2) is 18.2 Å². The highest BCUT2D eigenvalue weighted by atomic mass is 16.5. The molecule has 1 saturated heterocycles. The molecule has 2 N–H and O–H groups in total. The van der Waals surface area contributed by atoms with Crippen molar-refractivity contribution in [3.8, 4) is 11.5 Å². The molecule has 1 aromatic carbocycles. The zero-order chi connectivity index (χ0) is 20.1. The molecule has 0 aliphatic carbocycles. The second-order valence-corrected chi connectivity index (χ2v) is 7.49. The van der Waals surface area contributed by atoms with E-state index in [0.717, 1.165) is 5.56 Å². The largest absolute Gasteiger partial charge is 0.497 e. The maximum atomic E-state index is 12.8. The molecule has 0 unspecified atom stereocenters. The SMILES string of the molecule is COc1ccc(OC)c([C@H]2CN(C(=O)NC(C)C)C[C@H]2C(=O)NC(C)C)c1. The standard InChI is InChI=1S/C20H31N3O4/c1-12(2)21-19(24)17-11-23(20(25)22-13(3)4)10-16(17)15-9-14(26-5)7-8-18(15)27-6/h7-9,12-13,16-17H,10-11H2,1-6H3,(H,21,24)(H,22,25)/t16-,17-/m1/s1. The monoisotopic (exact) mass is 377 g/mol. The fourth-order valence-electron chi connectivity index (χ4n) is 3.41. The Morgan fingerprint density at radius 3 is 2.26 bits per heavy atom. The summed E-state index contributed by atoms with van der Waals surface area (Å²) >= 11 is 0. The lowest BCUT2D eigenvalue weighted by atomic mass is 9.87. The number of urea groups is 1. The smallest absolute Gasteiger partial charge is 0.317 e. The summed E-state index contributed by atoms with van der Waals surface area (Å²) in [5.74, 6) is 0.797. The van der Waals surface area contributed by atoms with Crippen molar-refractivity contribution in [2.24, 2.45) is 5.92 Å². The number of carbonyl (C=O) groups is 2. The first-order valence-corrected chi connectivity index (χ1v) is 9.34. The first-order chi connectivity index (χ1) is 12.8. The van der Waals surface area contributed by atoms with Crippen molar-refractivity contribution < 1.29 is 19.1 Å². The van der Waals surface area contributed by atoms with Gasteiger partial charge in [-0.3, -0.25) is 4.79 Å². The summed E-state index contributed by atoms with van der Waals surface area (Å²) in [5.41, 5.74) is 0.876. The molecule has 1 aliphatic heterocycles. The Morgan fingerprint density at radius 2 is 1.70 bits per heavy atom. The molecule has 2 rings (SSSR count). The van der Waals surface area contributed by atoms with E-state index in [4.69, 9.17) is 9.47 Å². The van der Waals surface area contributed by atoms with Crippen LogP contribution in [0.2, 0.25) is 0 Å². The number of rotatable bonds is 6. The highest BCUT2D eigenvalue weighted by Gasteiger charge is 2.42. The third-order valence-corrected chi connectivity index (χ3v) is 4.62. The van der Waals surface area contributed by atoms with Crippen LogP contribution in [0.5, 0.6) is 11.5 Å². The van der Waals surface area contributed by atoms with Crippen molar-refractivity contribution in [1.82, 2.24) is 15.5 Å². The van der Waals surface area contributed by atoms with Crippen LogP contribution in [0.1, 0.15) is 39.2 Å². The summed E-state index contributed by atoms with van der Waals surface area (Å²) < 4.78 is 10.9. The summed E-state index contributed by atoms with van der Waals surface area (Å²) in [4.78, 5) is 27.1. The van der Waals surface area contributed by atoms with Gasteiger partial charge in [0.05, 0.1) is 20.1 Å². The number of benzene rings is 1. The summed E-state index contributed by atoms with van der Waals surface area (Å²) in [6.45, 7) is 8.49. The van der Waals surface area contributed by atoms with Crippen LogP contribution >= 0.6 is 0 Å². The van der Waals surface area contributed by atoms with Crippen molar-refractivity contribution in [3.63, 3.8) is 0 Å². The number of hydrogen-bond donors (Lipinski definition) is 2. The van der Waals surface area contributed by atoms with E-state index >= 15 is 0 Å². The molecule has 3 amide bonds. The summed E-state index contributed by atoms with van der Waals surface area (Å²) in [5, 5.41) is 5.89. The number of nitrogens with zero attached hydrogens (tertiary/aromatic N) is 1. The quantitative estimate of drug-likeness (QED) is 0.798. The molecule has 27 heavy (non-hydrogen) atoms. The Kier molecular flexibility index (Phi) is 6.93. The van der Waals surface area contributed by atoms with Crippen LogP contribution in [0.4, 0.5) is 4.79 Å². The van der Waals surface area contributed by atoms with E-state index in [1.165, 1.54) is 0 Å². The van der Waals surface area contributed by atoms with Crippen LogP contribution in [-0.4, -0.2) is 56.2 Å². The van der Waals surface area contributed by atoms with Gasteiger partial charge in [0, 0.05) is 36.7 Å². The van der Waals surface area contributed by atoms with Gasteiger partial charge in [0.15, 0.2) is 0 Å². The van der Waals surface area contributed by atoms with Crippen LogP contribution in [0.25, 0.3) is 0 Å². The van der Waals surface area contributed by atoms with Gasteiger partial charge in [-0.05, 0) is 45.9 Å². The minimum absolute atomic E-state index is 0.0314. The summed E-state index contributed by atoms with van der Waals surface area (Å²) in [7, 11) is 3.21. The van der Waals surface area contributed by atoms with Crippen molar-refractivity contribution >= 4 is 11.9 Å². The Morgan fingerprint density at radius 1 is 1.04 bits per heavy atom. The van der Waals surface area contributed by atoms with Gasteiger partial charge in [-0.1, -0.05) is 0 Å². The van der Waals surface area contributed by atoms with Crippen LogP contribution in [0.3, 0.4) is 0 Å². The number of amides is 3. The van der Waals surface area contributed by atoms with Gasteiger partial charge >= 0.3 is 6.03 Å². The molecule has 0 saturated carbocycles. The molecule has 0 bridgehead atoms. The highest BCUT2D eigenvalue weighted by molar-refractivity contribution is 5.83. The zero-order valence-corrected chi connectivity index (χ0v) is 17.0. The van der Waals surface area contributed by atoms with Crippen LogP contribution in [0, 0.1) is 5.92 Å². The molecule has 7 heteroatoms. The van der Waals surface area contributed by atoms with Crippen molar-refractivity contribution in [3.05, 3.63) is 23.8 Å². The van der Waals surface area contributed by atoms with E-state index < -0.39 is 0 Å². The molecular weight excluding hydrogens is 346 g/mol. The van der Waals surface area contributed by atoms with Gasteiger partial charge in [-0.25, -0.2) is 4.79 Å². The lowest BCUT2D eigenvalue weighted by molar-refractivity contribution is -0.125. The van der Waals surface area contributed by atoms with E-state index in [1.807, 2.05) is 45.9 Å². The molecule has 2 atom stereocenters. The molecule has 1 aromatic rings. The maximum Gasteiger partial charge on any atom is 0.317 e. The van der Waals surface area contributed by atoms with Gasteiger partial charge in [0.1, 0.15) is 11.5 Å². The topological polar surface area (TPSA) is 79.9 Å². The number of carbonyl (C=O) groups excluding carboxylic acids is 2. The normalized spacial score (nSPS) is 19.3. The van der Waals surface area contributed by atoms with Gasteiger partial charge in [-0.2, -0.15) is 0 Å². The highest BCUT2D eigenvalue weighted by Crippen LogP contribution is 2.39. The molecular formula is C20H31N3O4. The number of nitrogens with one attached hydrogen (secondary N) is 2. The molecule has 0 spiro atoms. The van der Waals surface area contributed by atoms with Crippen molar-refractivity contribution in [2.75, 3.05) is 27.3 Å². The molecule has 0 aromatic heterocycles. The molecule has 7 nitrogen and oxygen atoms in total. The number of likely N-dealkylation sites (tertiary alicyclic amines) is 1. The van der Waals surface area contributed by atoms with Crippen molar-refractivity contribution in [1.29, 1.82) is 0 Å². The van der Waals surface area contributed by atoms with E-state index in [0.29, 0.717) is 24.6 Å². The van der Waals surface area contributed by atoms with E-state index in [1.54, 1.807) is 19.1 Å². The third kappa shape index (κ3) is 5.05. The van der Waals surface area contributed by atoms with E-state index in [9.17, 15) is 9.59 Å². The number of methoxy groups -OCH3 is 2. The average molecular weight is 377 g/mol. The fourth-order valence-corrected chi connectivity index (χ4v) is 3.41. The fraction of sp³-hybridized carbons (Fsp3) is 0.600. The molecule has 0 radical (unpaired) electrons. The lowest BCUT2D eigenvalue weighted by Gasteiger charge is -2.22. The van der Waals surface area contributed by atoms with Gasteiger partial charge < -0.3 is 25.0 Å². The maximum absolute atomic E-state index is 12.8. The first kappa shape index (κ1) is 20.9. The van der Waals surface area contributed by atoms with Crippen LogP contribution in [-0.2, 0) is 4.79 Å². The summed E-state index contributed by atoms with van der Waals surface area (Å²) in [6.07, 6.45) is 0. The zero-order valence-electron chi connectivity index (χ0n) is 17.0. The Bertz CT molecular complexity index is 675. The molecule has 150 valence electrons. The van der Waals surface area contributed by atoms with Gasteiger partial charge in [-0.15, -0.1) is 0 Å². The predicted molar refractivity (Wildman–Crippen MR) is 104 cm³/mol. The molecule has 1 aliphatic rings. The van der Waals surface area contributed by atoms with E-state index in [-0.39, 0.29) is 35.9 Å².